The number of hydrogen-bond donors (Lipinski definition) is 2. The summed E-state index contributed by atoms with van der Waals surface area (Å²) in [7, 11) is 0. The van der Waals surface area contributed by atoms with Gasteiger partial charge in [-0.1, -0.05) is 24.3 Å². The standard InChI is InChI=1S/C20H24N2O3/c1-20(2)12-15-11-14(7-8-17(15)25-20)13-22-16-5-3-4-6-18(16)24-10-9-19(21)23/h3-8,11,22H,9-10,12-13H2,1-2H3,(H2,21,23). The molecule has 0 saturated heterocycles. The Labute approximate surface area is 148 Å². The van der Waals surface area contributed by atoms with Crippen molar-refractivity contribution < 1.29 is 14.3 Å². The second-order valence-electron chi connectivity index (χ2n) is 6.90. The molecule has 25 heavy (non-hydrogen) atoms. The van der Waals surface area contributed by atoms with Crippen molar-refractivity contribution in [1.29, 1.82) is 0 Å². The first kappa shape index (κ1) is 17.1. The van der Waals surface area contributed by atoms with Gasteiger partial charge in [-0.3, -0.25) is 4.79 Å². The van der Waals surface area contributed by atoms with Gasteiger partial charge in [0.05, 0.1) is 18.7 Å². The maximum Gasteiger partial charge on any atom is 0.220 e. The highest BCUT2D eigenvalue weighted by atomic mass is 16.5. The van der Waals surface area contributed by atoms with Crippen molar-refractivity contribution in [3.05, 3.63) is 53.6 Å². The quantitative estimate of drug-likeness (QED) is 0.811. The molecule has 0 aromatic heterocycles. The fourth-order valence-corrected chi connectivity index (χ4v) is 2.97. The molecule has 0 atom stereocenters. The zero-order valence-electron chi connectivity index (χ0n) is 14.7. The third kappa shape index (κ3) is 4.44. The molecule has 2 aromatic carbocycles. The van der Waals surface area contributed by atoms with Crippen LogP contribution in [0.5, 0.6) is 11.5 Å². The van der Waals surface area contributed by atoms with Gasteiger partial charge in [-0.2, -0.15) is 0 Å². The van der Waals surface area contributed by atoms with Crippen molar-refractivity contribution in [2.24, 2.45) is 5.73 Å². The Hall–Kier alpha value is -2.69. The Morgan fingerprint density at radius 2 is 2.08 bits per heavy atom. The summed E-state index contributed by atoms with van der Waals surface area (Å²) in [5.74, 6) is 1.33. The topological polar surface area (TPSA) is 73.6 Å². The van der Waals surface area contributed by atoms with Gasteiger partial charge in [-0.05, 0) is 43.2 Å². The molecule has 0 saturated carbocycles. The van der Waals surface area contributed by atoms with Crippen LogP contribution in [0, 0.1) is 0 Å². The number of ether oxygens (including phenoxy) is 2. The molecule has 0 bridgehead atoms. The highest BCUT2D eigenvalue weighted by Crippen LogP contribution is 2.35. The molecule has 5 heteroatoms. The predicted octanol–water partition coefficient (Wildman–Crippen LogP) is 3.27. The Kier molecular flexibility index (Phi) is 4.83. The van der Waals surface area contributed by atoms with Crippen LogP contribution in [-0.2, 0) is 17.8 Å². The third-order valence-corrected chi connectivity index (χ3v) is 4.10. The number of carbonyl (C=O) groups is 1. The molecule has 0 unspecified atom stereocenters. The fraction of sp³-hybridized carbons (Fsp3) is 0.350. The van der Waals surface area contributed by atoms with Gasteiger partial charge in [0.15, 0.2) is 0 Å². The molecule has 0 aliphatic carbocycles. The average Bonchev–Trinajstić information content (AvgIpc) is 2.86. The van der Waals surface area contributed by atoms with Crippen LogP contribution >= 0.6 is 0 Å². The van der Waals surface area contributed by atoms with Gasteiger partial charge in [0.25, 0.3) is 0 Å². The molecule has 1 aliphatic heterocycles. The highest BCUT2D eigenvalue weighted by molar-refractivity contribution is 5.73. The number of nitrogens with one attached hydrogen (secondary N) is 1. The molecular weight excluding hydrogens is 316 g/mol. The minimum Gasteiger partial charge on any atom is -0.491 e. The molecule has 3 N–H and O–H groups in total. The van der Waals surface area contributed by atoms with E-state index in [2.05, 4.69) is 31.3 Å². The summed E-state index contributed by atoms with van der Waals surface area (Å²) in [5.41, 5.74) is 8.34. The first-order valence-electron chi connectivity index (χ1n) is 8.48. The van der Waals surface area contributed by atoms with Gasteiger partial charge in [0.1, 0.15) is 17.1 Å². The lowest BCUT2D eigenvalue weighted by Crippen LogP contribution is -2.24. The number of carbonyl (C=O) groups excluding carboxylic acids is 1. The lowest BCUT2D eigenvalue weighted by molar-refractivity contribution is -0.118. The molecule has 1 aliphatic rings. The molecule has 0 fully saturated rings. The maximum atomic E-state index is 10.8. The molecular formula is C20H24N2O3. The highest BCUT2D eigenvalue weighted by Gasteiger charge is 2.29. The van der Waals surface area contributed by atoms with Crippen LogP contribution in [-0.4, -0.2) is 18.1 Å². The van der Waals surface area contributed by atoms with Gasteiger partial charge < -0.3 is 20.5 Å². The molecule has 132 valence electrons. The van der Waals surface area contributed by atoms with Crippen LogP contribution in [0.4, 0.5) is 5.69 Å². The Morgan fingerprint density at radius 3 is 2.88 bits per heavy atom. The number of anilines is 1. The average molecular weight is 340 g/mol. The Morgan fingerprint density at radius 1 is 1.28 bits per heavy atom. The van der Waals surface area contributed by atoms with Gasteiger partial charge in [-0.15, -0.1) is 0 Å². The van der Waals surface area contributed by atoms with Crippen LogP contribution in [0.15, 0.2) is 42.5 Å². The molecule has 2 aromatic rings. The molecule has 0 spiro atoms. The minimum absolute atomic E-state index is 0.130. The monoisotopic (exact) mass is 340 g/mol. The zero-order chi connectivity index (χ0) is 17.9. The minimum atomic E-state index is -0.367. The second-order valence-corrected chi connectivity index (χ2v) is 6.90. The number of fused-ring (bicyclic) bond motifs is 1. The van der Waals surface area contributed by atoms with E-state index in [0.29, 0.717) is 6.54 Å². The van der Waals surface area contributed by atoms with Crippen LogP contribution in [0.25, 0.3) is 0 Å². The van der Waals surface area contributed by atoms with Crippen LogP contribution in [0.1, 0.15) is 31.4 Å². The van der Waals surface area contributed by atoms with E-state index < -0.39 is 0 Å². The van der Waals surface area contributed by atoms with E-state index >= 15 is 0 Å². The second kappa shape index (κ2) is 7.05. The van der Waals surface area contributed by atoms with Crippen molar-refractivity contribution in [3.63, 3.8) is 0 Å². The van der Waals surface area contributed by atoms with Crippen LogP contribution in [0.3, 0.4) is 0 Å². The fourth-order valence-electron chi connectivity index (χ4n) is 2.97. The summed E-state index contributed by atoms with van der Waals surface area (Å²) in [4.78, 5) is 10.8. The number of primary amides is 1. The summed E-state index contributed by atoms with van der Waals surface area (Å²) >= 11 is 0. The van der Waals surface area contributed by atoms with E-state index in [9.17, 15) is 4.79 Å². The van der Waals surface area contributed by atoms with E-state index in [0.717, 1.165) is 23.6 Å². The lowest BCUT2D eigenvalue weighted by Gasteiger charge is -2.16. The Balaban J connectivity index is 1.64. The predicted molar refractivity (Wildman–Crippen MR) is 97.9 cm³/mol. The van der Waals surface area contributed by atoms with Crippen LogP contribution < -0.4 is 20.5 Å². The summed E-state index contributed by atoms with van der Waals surface area (Å²) in [6.45, 7) is 5.17. The number of amides is 1. The van der Waals surface area contributed by atoms with Gasteiger partial charge in [0.2, 0.25) is 5.91 Å². The summed E-state index contributed by atoms with van der Waals surface area (Å²) in [5, 5.41) is 3.40. The van der Waals surface area contributed by atoms with Gasteiger partial charge in [0, 0.05) is 13.0 Å². The molecule has 3 rings (SSSR count). The molecule has 5 nitrogen and oxygen atoms in total. The van der Waals surface area contributed by atoms with Gasteiger partial charge in [-0.25, -0.2) is 0 Å². The smallest absolute Gasteiger partial charge is 0.220 e. The summed E-state index contributed by atoms with van der Waals surface area (Å²) in [6, 6.07) is 14.0. The Bertz CT molecular complexity index is 771. The largest absolute Gasteiger partial charge is 0.491 e. The molecule has 0 radical (unpaired) electrons. The third-order valence-electron chi connectivity index (χ3n) is 4.10. The number of hydrogen-bond acceptors (Lipinski definition) is 4. The van der Waals surface area contributed by atoms with Crippen molar-refractivity contribution in [1.82, 2.24) is 0 Å². The van der Waals surface area contributed by atoms with Crippen molar-refractivity contribution in [2.75, 3.05) is 11.9 Å². The number of benzene rings is 2. The molecule has 1 amide bonds. The van der Waals surface area contributed by atoms with Crippen LogP contribution in [0.2, 0.25) is 0 Å². The van der Waals surface area contributed by atoms with Crippen molar-refractivity contribution in [2.45, 2.75) is 38.8 Å². The molecule has 1 heterocycles. The zero-order valence-corrected chi connectivity index (χ0v) is 14.7. The van der Waals surface area contributed by atoms with Crippen molar-refractivity contribution >= 4 is 11.6 Å². The number of rotatable bonds is 7. The SMILES string of the molecule is CC1(C)Cc2cc(CNc3ccccc3OCCC(N)=O)ccc2O1. The van der Waals surface area contributed by atoms with E-state index in [1.165, 1.54) is 11.1 Å². The maximum absolute atomic E-state index is 10.8. The number of para-hydroxylation sites is 2. The number of nitrogens with two attached hydrogens (primary N) is 1. The van der Waals surface area contributed by atoms with E-state index in [-0.39, 0.29) is 24.5 Å². The van der Waals surface area contributed by atoms with Gasteiger partial charge >= 0.3 is 0 Å². The summed E-state index contributed by atoms with van der Waals surface area (Å²) in [6.07, 6.45) is 1.12. The lowest BCUT2D eigenvalue weighted by atomic mass is 10.0. The van der Waals surface area contributed by atoms with E-state index in [1.807, 2.05) is 30.3 Å². The van der Waals surface area contributed by atoms with E-state index in [1.54, 1.807) is 0 Å². The first-order chi connectivity index (χ1) is 11.9. The first-order valence-corrected chi connectivity index (χ1v) is 8.48. The normalized spacial score (nSPS) is 14.5. The van der Waals surface area contributed by atoms with Crippen molar-refractivity contribution in [3.8, 4) is 11.5 Å². The summed E-state index contributed by atoms with van der Waals surface area (Å²) < 4.78 is 11.6. The van der Waals surface area contributed by atoms with E-state index in [4.69, 9.17) is 15.2 Å².